The number of aromatic nitrogens is 2. The van der Waals surface area contributed by atoms with Crippen molar-refractivity contribution in [1.82, 2.24) is 20.2 Å². The summed E-state index contributed by atoms with van der Waals surface area (Å²) < 4.78 is 7.81. The summed E-state index contributed by atoms with van der Waals surface area (Å²) >= 11 is 0. The summed E-state index contributed by atoms with van der Waals surface area (Å²) in [4.78, 5) is 13.2. The summed E-state index contributed by atoms with van der Waals surface area (Å²) in [5.74, 6) is 1.25. The first-order chi connectivity index (χ1) is 14.3. The molecule has 2 aromatic rings. The van der Waals surface area contributed by atoms with Gasteiger partial charge in [-0.15, -0.1) is 5.10 Å². The van der Waals surface area contributed by atoms with Crippen LogP contribution in [-0.2, 0) is 9.53 Å². The van der Waals surface area contributed by atoms with Gasteiger partial charge in [-0.1, -0.05) is 49.3 Å². The van der Waals surface area contributed by atoms with Crippen molar-refractivity contribution in [2.45, 2.75) is 46.6 Å². The zero-order chi connectivity index (χ0) is 21.0. The molecular formula is C22H24N6O2. The minimum Gasteiger partial charge on any atom is -0.427 e. The lowest BCUT2D eigenvalue weighted by molar-refractivity contribution is -0.119. The van der Waals surface area contributed by atoms with Crippen molar-refractivity contribution in [3.8, 4) is 0 Å². The number of hydrogen-bond donors (Lipinski definition) is 1. The van der Waals surface area contributed by atoms with Gasteiger partial charge < -0.3 is 4.74 Å². The highest BCUT2D eigenvalue weighted by Crippen LogP contribution is 2.45. The Morgan fingerprint density at radius 3 is 2.60 bits per heavy atom. The standard InChI is InChI=1S/C22H24N6O2/c1-13-10-14(2)27(25-13)20-23-24-21-28(26-20)19(15-8-6-5-7-9-15)18-16(29)11-22(3,4)12-17(18)30-21/h5-10,19H,11-12H2,1-4H3,(H,23,26). The second-order valence-corrected chi connectivity index (χ2v) is 8.82. The average molecular weight is 404 g/mol. The number of amidine groups is 1. The lowest BCUT2D eigenvalue weighted by Gasteiger charge is -2.44. The number of hydrazine groups is 1. The summed E-state index contributed by atoms with van der Waals surface area (Å²) in [5, 5.41) is 14.9. The molecule has 2 aliphatic heterocycles. The van der Waals surface area contributed by atoms with Crippen molar-refractivity contribution in [1.29, 1.82) is 0 Å². The highest BCUT2D eigenvalue weighted by atomic mass is 16.5. The van der Waals surface area contributed by atoms with Crippen molar-refractivity contribution < 1.29 is 9.53 Å². The normalized spacial score (nSPS) is 22.5. The first-order valence-electron chi connectivity index (χ1n) is 10.1. The van der Waals surface area contributed by atoms with Crippen LogP contribution in [0, 0.1) is 19.3 Å². The monoisotopic (exact) mass is 404 g/mol. The zero-order valence-corrected chi connectivity index (χ0v) is 17.5. The van der Waals surface area contributed by atoms with Crippen LogP contribution in [0.25, 0.3) is 0 Å². The molecule has 1 unspecified atom stereocenters. The molecule has 1 atom stereocenters. The fourth-order valence-corrected chi connectivity index (χ4v) is 4.36. The highest BCUT2D eigenvalue weighted by molar-refractivity contribution is 6.01. The molecule has 1 aliphatic carbocycles. The molecule has 0 saturated carbocycles. The summed E-state index contributed by atoms with van der Waals surface area (Å²) in [7, 11) is 0. The fraction of sp³-hybridized carbons (Fsp3) is 0.364. The van der Waals surface area contributed by atoms with Crippen LogP contribution in [0.15, 0.2) is 57.9 Å². The van der Waals surface area contributed by atoms with E-state index >= 15 is 0 Å². The molecule has 3 aliphatic rings. The predicted molar refractivity (Wildman–Crippen MR) is 112 cm³/mol. The molecule has 0 bridgehead atoms. The number of benzene rings is 1. The molecule has 3 heterocycles. The lowest BCUT2D eigenvalue weighted by atomic mass is 9.73. The van der Waals surface area contributed by atoms with Gasteiger partial charge in [0.05, 0.1) is 11.3 Å². The average Bonchev–Trinajstić information content (AvgIpc) is 3.04. The molecule has 154 valence electrons. The first kappa shape index (κ1) is 18.6. The van der Waals surface area contributed by atoms with Crippen LogP contribution in [0.3, 0.4) is 0 Å². The number of nitrogens with one attached hydrogen (secondary N) is 1. The lowest BCUT2D eigenvalue weighted by Crippen LogP contribution is -2.56. The van der Waals surface area contributed by atoms with E-state index in [9.17, 15) is 4.79 Å². The van der Waals surface area contributed by atoms with Gasteiger partial charge in [0.25, 0.3) is 5.96 Å². The largest absolute Gasteiger partial charge is 0.427 e. The van der Waals surface area contributed by atoms with Crippen molar-refractivity contribution in [3.05, 3.63) is 64.7 Å². The summed E-state index contributed by atoms with van der Waals surface area (Å²) in [5.41, 5.74) is 6.62. The Kier molecular flexibility index (Phi) is 4.06. The van der Waals surface area contributed by atoms with Gasteiger partial charge in [0.2, 0.25) is 0 Å². The molecule has 1 aromatic heterocycles. The molecule has 0 fully saturated rings. The van der Waals surface area contributed by atoms with E-state index in [0.717, 1.165) is 17.0 Å². The van der Waals surface area contributed by atoms with E-state index in [2.05, 4.69) is 34.6 Å². The number of nitrogens with zero attached hydrogens (tertiary/aromatic N) is 5. The third kappa shape index (κ3) is 2.99. The number of allylic oxidation sites excluding steroid dienone is 1. The Balaban J connectivity index is 1.62. The van der Waals surface area contributed by atoms with Crippen LogP contribution in [0.5, 0.6) is 0 Å². The van der Waals surface area contributed by atoms with Gasteiger partial charge in [-0.25, -0.2) is 9.69 Å². The molecule has 0 spiro atoms. The Hall–Kier alpha value is -3.42. The number of fused-ring (bicyclic) bond motifs is 1. The number of hydrogen-bond acceptors (Lipinski definition) is 7. The molecule has 30 heavy (non-hydrogen) atoms. The van der Waals surface area contributed by atoms with Crippen molar-refractivity contribution in [2.24, 2.45) is 15.6 Å². The molecule has 1 aromatic carbocycles. The van der Waals surface area contributed by atoms with Gasteiger partial charge in [-0.2, -0.15) is 5.10 Å². The van der Waals surface area contributed by atoms with Gasteiger partial charge in [-0.05, 0) is 30.9 Å². The Morgan fingerprint density at radius 1 is 1.13 bits per heavy atom. The number of rotatable bonds is 1. The maximum Gasteiger partial charge on any atom is 0.336 e. The van der Waals surface area contributed by atoms with Gasteiger partial charge in [0.1, 0.15) is 11.8 Å². The molecule has 8 heteroatoms. The maximum atomic E-state index is 13.2. The SMILES string of the molecule is Cc1cc(C)n(C2=NN=C3OC4=C(C(=O)CC(C)(C)C4)C(c4ccccc4)N3N2)n1. The van der Waals surface area contributed by atoms with E-state index in [-0.39, 0.29) is 17.2 Å². The van der Waals surface area contributed by atoms with Crippen molar-refractivity contribution >= 4 is 17.8 Å². The number of carbonyl (C=O) groups excluding carboxylic acids is 1. The molecule has 0 radical (unpaired) electrons. The minimum atomic E-state index is -0.361. The van der Waals surface area contributed by atoms with Crippen LogP contribution in [0.4, 0.5) is 0 Å². The van der Waals surface area contributed by atoms with Crippen LogP contribution in [-0.4, -0.2) is 32.6 Å². The van der Waals surface area contributed by atoms with Crippen LogP contribution in [0.2, 0.25) is 0 Å². The van der Waals surface area contributed by atoms with E-state index in [1.54, 1.807) is 9.69 Å². The van der Waals surface area contributed by atoms with E-state index in [1.165, 1.54) is 0 Å². The van der Waals surface area contributed by atoms with Crippen LogP contribution in [0.1, 0.15) is 49.7 Å². The quantitative estimate of drug-likeness (QED) is 0.789. The summed E-state index contributed by atoms with van der Waals surface area (Å²) in [6.45, 7) is 8.06. The molecule has 0 saturated heterocycles. The Morgan fingerprint density at radius 2 is 1.90 bits per heavy atom. The minimum absolute atomic E-state index is 0.103. The maximum absolute atomic E-state index is 13.2. The van der Waals surface area contributed by atoms with Gasteiger partial charge in [0.15, 0.2) is 5.78 Å². The first-order valence-corrected chi connectivity index (χ1v) is 10.1. The second kappa shape index (κ2) is 6.55. The molecule has 8 nitrogen and oxygen atoms in total. The molecule has 1 N–H and O–H groups in total. The van der Waals surface area contributed by atoms with Gasteiger partial charge in [-0.3, -0.25) is 10.2 Å². The molecule has 5 rings (SSSR count). The third-order valence-corrected chi connectivity index (χ3v) is 5.61. The van der Waals surface area contributed by atoms with E-state index in [1.807, 2.05) is 50.2 Å². The third-order valence-electron chi connectivity index (χ3n) is 5.61. The van der Waals surface area contributed by atoms with Gasteiger partial charge >= 0.3 is 6.02 Å². The number of aryl methyl sites for hydroxylation is 2. The smallest absolute Gasteiger partial charge is 0.336 e. The second-order valence-electron chi connectivity index (χ2n) is 8.82. The van der Waals surface area contributed by atoms with E-state index in [4.69, 9.17) is 4.74 Å². The van der Waals surface area contributed by atoms with E-state index in [0.29, 0.717) is 36.2 Å². The summed E-state index contributed by atoms with van der Waals surface area (Å²) in [6.07, 6.45) is 1.16. The van der Waals surface area contributed by atoms with Crippen molar-refractivity contribution in [3.63, 3.8) is 0 Å². The predicted octanol–water partition coefficient (Wildman–Crippen LogP) is 3.21. The Labute approximate surface area is 174 Å². The number of ether oxygens (including phenoxy) is 1. The molecular weight excluding hydrogens is 380 g/mol. The topological polar surface area (TPSA) is 84.1 Å². The number of Topliss-reactive ketones (excluding diaryl/α,β-unsaturated/α-hetero) is 1. The van der Waals surface area contributed by atoms with Crippen LogP contribution >= 0.6 is 0 Å². The number of carbonyl (C=O) groups is 1. The Bertz CT molecular complexity index is 1130. The van der Waals surface area contributed by atoms with E-state index < -0.39 is 0 Å². The zero-order valence-electron chi connectivity index (χ0n) is 17.5. The highest BCUT2D eigenvalue weighted by Gasteiger charge is 2.46. The van der Waals surface area contributed by atoms with Gasteiger partial charge in [0, 0.05) is 18.5 Å². The fourth-order valence-electron chi connectivity index (χ4n) is 4.36. The van der Waals surface area contributed by atoms with Crippen LogP contribution < -0.4 is 5.43 Å². The molecule has 0 amide bonds. The van der Waals surface area contributed by atoms with Crippen molar-refractivity contribution in [2.75, 3.05) is 0 Å². The number of ketones is 1. The summed E-state index contributed by atoms with van der Waals surface area (Å²) in [6, 6.07) is 11.9.